The Bertz CT molecular complexity index is 2910. The van der Waals surface area contributed by atoms with E-state index in [1.807, 2.05) is 0 Å². The second kappa shape index (κ2) is 89.6. The van der Waals surface area contributed by atoms with E-state index in [2.05, 4.69) is 215 Å². The Labute approximate surface area is 712 Å². The number of aliphatic hydroxyl groups excluding tert-OH is 2. The monoisotopic (exact) mass is 1670 g/mol. The molecule has 117 heavy (non-hydrogen) atoms. The maximum absolute atomic E-state index is 13.0. The summed E-state index contributed by atoms with van der Waals surface area (Å²) in [4.78, 5) is 59.0. The van der Waals surface area contributed by atoms with Crippen LogP contribution in [0.3, 0.4) is 0 Å². The average Bonchev–Trinajstić information content (AvgIpc) is 0.900. The van der Waals surface area contributed by atoms with Crippen molar-refractivity contribution in [3.8, 4) is 0 Å². The normalized spacial score (nSPS) is 14.7. The number of aliphatic hydroxyl groups is 2. The highest BCUT2D eigenvalue weighted by Gasteiger charge is 2.29. The van der Waals surface area contributed by atoms with Gasteiger partial charge in [0.05, 0.1) is 26.4 Å². The first-order chi connectivity index (χ1) is 57.2. The number of allylic oxidation sites excluding steroid dienone is 32. The molecule has 0 spiro atoms. The van der Waals surface area contributed by atoms with E-state index < -0.39 is 91.5 Å². The molecule has 5 atom stereocenters. The van der Waals surface area contributed by atoms with E-state index in [-0.39, 0.29) is 19.3 Å². The van der Waals surface area contributed by atoms with Crippen LogP contribution in [0.1, 0.15) is 355 Å². The third-order valence-corrected chi connectivity index (χ3v) is 20.7. The molecule has 0 amide bonds. The molecule has 0 saturated carbocycles. The van der Waals surface area contributed by atoms with Gasteiger partial charge in [-0.3, -0.25) is 32.5 Å². The molecule has 16 nitrogen and oxygen atoms in total. The van der Waals surface area contributed by atoms with Gasteiger partial charge < -0.3 is 34.2 Å². The van der Waals surface area contributed by atoms with Crippen LogP contribution in [0, 0.1) is 0 Å². The Morgan fingerprint density at radius 1 is 0.248 bits per heavy atom. The quantitative estimate of drug-likeness (QED) is 0.0146. The minimum atomic E-state index is -4.96. The molecule has 0 aliphatic carbocycles. The molecule has 0 fully saturated rings. The summed E-state index contributed by atoms with van der Waals surface area (Å²) >= 11 is 0. The molecule has 4 N–H and O–H groups in total. The number of hydrogen-bond acceptors (Lipinski definition) is 14. The molecule has 0 aromatic carbocycles. The summed E-state index contributed by atoms with van der Waals surface area (Å²) in [7, 11) is -9.83. The molecule has 0 heterocycles. The van der Waals surface area contributed by atoms with Gasteiger partial charge >= 0.3 is 33.6 Å². The van der Waals surface area contributed by atoms with Crippen molar-refractivity contribution < 1.29 is 75.8 Å². The van der Waals surface area contributed by atoms with E-state index in [9.17, 15) is 43.5 Å². The van der Waals surface area contributed by atoms with E-state index in [1.165, 1.54) is 135 Å². The van der Waals surface area contributed by atoms with Gasteiger partial charge in [-0.1, -0.05) is 363 Å². The van der Waals surface area contributed by atoms with Gasteiger partial charge in [-0.05, 0) is 167 Å². The molecule has 0 bridgehead atoms. The first-order valence-corrected chi connectivity index (χ1v) is 48.7. The lowest BCUT2D eigenvalue weighted by Gasteiger charge is -2.21. The Morgan fingerprint density at radius 2 is 0.453 bits per heavy atom. The maximum atomic E-state index is 13.0. The van der Waals surface area contributed by atoms with Crippen LogP contribution in [-0.4, -0.2) is 95.9 Å². The number of phosphoric acid groups is 2. The number of carbonyl (C=O) groups excluding carboxylic acids is 3. The number of esters is 3. The Balaban J connectivity index is 4.64. The number of ether oxygens (including phenoxy) is 3. The molecular formula is C99H164O16P2. The summed E-state index contributed by atoms with van der Waals surface area (Å²) in [5, 5.41) is 20.7. The first-order valence-electron chi connectivity index (χ1n) is 45.7. The van der Waals surface area contributed by atoms with E-state index in [1.54, 1.807) is 0 Å². The smallest absolute Gasteiger partial charge is 0.463 e. The second-order valence-electron chi connectivity index (χ2n) is 30.0. The fraction of sp³-hybridized carbons (Fsp3) is 0.646. The first kappa shape index (κ1) is 111. The topological polar surface area (TPSA) is 231 Å². The van der Waals surface area contributed by atoms with Crippen LogP contribution in [0.15, 0.2) is 194 Å². The van der Waals surface area contributed by atoms with Crippen molar-refractivity contribution in [2.45, 2.75) is 373 Å². The highest BCUT2D eigenvalue weighted by molar-refractivity contribution is 7.47. The van der Waals surface area contributed by atoms with Crippen molar-refractivity contribution in [2.24, 2.45) is 0 Å². The van der Waals surface area contributed by atoms with E-state index >= 15 is 0 Å². The van der Waals surface area contributed by atoms with Gasteiger partial charge in [-0.25, -0.2) is 9.13 Å². The Hall–Kier alpha value is -5.61. The highest BCUT2D eigenvalue weighted by atomic mass is 31.2. The highest BCUT2D eigenvalue weighted by Crippen LogP contribution is 2.45. The average molecular weight is 1670 g/mol. The van der Waals surface area contributed by atoms with Crippen LogP contribution >= 0.6 is 15.6 Å². The molecule has 0 saturated heterocycles. The fourth-order valence-electron chi connectivity index (χ4n) is 11.9. The van der Waals surface area contributed by atoms with Crippen LogP contribution in [0.4, 0.5) is 0 Å². The van der Waals surface area contributed by atoms with Crippen molar-refractivity contribution in [1.29, 1.82) is 0 Å². The third-order valence-electron chi connectivity index (χ3n) is 18.8. The Morgan fingerprint density at radius 3 is 0.735 bits per heavy atom. The van der Waals surface area contributed by atoms with Gasteiger partial charge in [-0.15, -0.1) is 0 Å². The molecule has 18 heteroatoms. The summed E-state index contributed by atoms with van der Waals surface area (Å²) in [6.07, 6.45) is 119. The lowest BCUT2D eigenvalue weighted by atomic mass is 10.0. The zero-order valence-corrected chi connectivity index (χ0v) is 75.1. The van der Waals surface area contributed by atoms with Crippen molar-refractivity contribution in [1.82, 2.24) is 0 Å². The van der Waals surface area contributed by atoms with Gasteiger partial charge in [0.1, 0.15) is 25.4 Å². The minimum Gasteiger partial charge on any atom is -0.463 e. The van der Waals surface area contributed by atoms with Gasteiger partial charge in [0.25, 0.3) is 0 Å². The zero-order chi connectivity index (χ0) is 85.1. The second-order valence-corrected chi connectivity index (χ2v) is 32.9. The van der Waals surface area contributed by atoms with Crippen molar-refractivity contribution >= 4 is 33.6 Å². The van der Waals surface area contributed by atoms with Gasteiger partial charge in [-0.2, -0.15) is 0 Å². The predicted octanol–water partition coefficient (Wildman–Crippen LogP) is 28.2. The van der Waals surface area contributed by atoms with Crippen LogP contribution in [-0.2, 0) is 55.8 Å². The lowest BCUT2D eigenvalue weighted by Crippen LogP contribution is -2.30. The standard InChI is InChI=1S/C99H164O16P2/c1-4-7-10-13-16-19-22-25-28-31-34-37-39-41-43-45-46-48-50-51-53-56-58-61-64-67-70-73-76-79-82-85-97(102)109-88-94(100)89-111-116(105,106)112-90-95(101)91-113-117(107,108)114-93-96(115-99(104)87-84-81-78-75-72-69-66-63-60-55-36-33-30-27-24-21-18-15-12-9-6-3)92-110-98(103)86-83-80-77-74-71-68-65-62-59-57-54-52-49-47-44-42-40-38-35-32-29-26-23-20-17-14-11-8-5-2/h8-9,11-12,16-21,25-30,34-38,41-44,49,52,55,63,66,72,75,94-96,100-101H,4-7,10,13-15,22-24,31-33,39-40,45-48,50-51,53-54,56-62,64-65,67-71,73-74,76-93H2,1-3H3,(H,105,106)(H,107,108)/b11-8-,12-9-,19-16-,20-17-,21-18-,28-25-,29-26-,30-27-,37-34-,38-35-,43-41-,44-42-,52-49-,55-36-,66-63-,75-72-. The molecule has 0 aliphatic heterocycles. The lowest BCUT2D eigenvalue weighted by molar-refractivity contribution is -0.161. The predicted molar refractivity (Wildman–Crippen MR) is 491 cm³/mol. The van der Waals surface area contributed by atoms with E-state index in [0.29, 0.717) is 25.7 Å². The molecule has 0 radical (unpaired) electrons. The summed E-state index contributed by atoms with van der Waals surface area (Å²) < 4.78 is 61.4. The summed E-state index contributed by atoms with van der Waals surface area (Å²) in [5.74, 6) is -1.63. The number of unbranched alkanes of at least 4 members (excludes halogenated alkanes) is 30. The largest absolute Gasteiger partial charge is 0.472 e. The molecule has 0 rings (SSSR count). The Kier molecular flexibility index (Phi) is 85.3. The fourth-order valence-corrected chi connectivity index (χ4v) is 13.5. The number of phosphoric ester groups is 2. The molecular weight excluding hydrogens is 1510 g/mol. The summed E-state index contributed by atoms with van der Waals surface area (Å²) in [5.41, 5.74) is 0. The summed E-state index contributed by atoms with van der Waals surface area (Å²) in [6.45, 7) is 2.39. The molecule has 666 valence electrons. The van der Waals surface area contributed by atoms with Crippen LogP contribution in [0.25, 0.3) is 0 Å². The van der Waals surface area contributed by atoms with Crippen LogP contribution < -0.4 is 0 Å². The molecule has 5 unspecified atom stereocenters. The van der Waals surface area contributed by atoms with Gasteiger partial charge in [0.2, 0.25) is 0 Å². The molecule has 0 aliphatic rings. The summed E-state index contributed by atoms with van der Waals surface area (Å²) in [6, 6.07) is 0. The zero-order valence-electron chi connectivity index (χ0n) is 73.3. The van der Waals surface area contributed by atoms with Crippen LogP contribution in [0.2, 0.25) is 0 Å². The van der Waals surface area contributed by atoms with E-state index in [4.69, 9.17) is 32.3 Å². The number of carbonyl (C=O) groups is 3. The SMILES string of the molecule is CC/C=C\C/C=C\C/C=C\C/C=C\C/C=C\C/C=C\CCCCCCCCCCCCC(=O)OCC(COP(=O)(O)OCC(O)COP(=O)(O)OCC(O)COC(=O)CCCCCCCCCCCCCCCCC/C=C\C/C=C\C/C=C\C/C=C\CCCCC)OC(=O)CCCC/C=C\C/C=C\C/C=C\C/C=C\C/C=C\C/C=C\CC. The minimum absolute atomic E-state index is 0.0416. The maximum Gasteiger partial charge on any atom is 0.472 e. The van der Waals surface area contributed by atoms with Crippen LogP contribution in [0.5, 0.6) is 0 Å². The van der Waals surface area contributed by atoms with Crippen molar-refractivity contribution in [2.75, 3.05) is 39.6 Å². The van der Waals surface area contributed by atoms with Crippen molar-refractivity contribution in [3.05, 3.63) is 194 Å². The number of hydrogen-bond donors (Lipinski definition) is 4. The third kappa shape index (κ3) is 91.0. The molecule has 0 aromatic rings. The van der Waals surface area contributed by atoms with E-state index in [0.717, 1.165) is 154 Å². The van der Waals surface area contributed by atoms with Gasteiger partial charge in [0.15, 0.2) is 6.10 Å². The van der Waals surface area contributed by atoms with Crippen molar-refractivity contribution in [3.63, 3.8) is 0 Å². The van der Waals surface area contributed by atoms with Gasteiger partial charge in [0, 0.05) is 19.3 Å². The molecule has 0 aromatic heterocycles. The number of rotatable bonds is 85.